The molecule has 0 spiro atoms. The monoisotopic (exact) mass is 197 g/mol. The molecule has 0 unspecified atom stereocenters. The van der Waals surface area contributed by atoms with Gasteiger partial charge in [-0.25, -0.2) is 8.78 Å². The zero-order chi connectivity index (χ0) is 10.7. The van der Waals surface area contributed by atoms with Gasteiger partial charge in [0, 0.05) is 5.56 Å². The van der Waals surface area contributed by atoms with Gasteiger partial charge in [-0.3, -0.25) is 0 Å². The van der Waals surface area contributed by atoms with Gasteiger partial charge >= 0.3 is 0 Å². The number of hydrogen-bond donors (Lipinski definition) is 1. The summed E-state index contributed by atoms with van der Waals surface area (Å²) < 4.78 is 26.8. The Labute approximate surface area is 82.2 Å². The lowest BCUT2D eigenvalue weighted by Crippen LogP contribution is -2.03. The maximum atomic E-state index is 13.5. The molecule has 1 rings (SSSR count). The van der Waals surface area contributed by atoms with E-state index in [-0.39, 0.29) is 5.56 Å². The second kappa shape index (κ2) is 4.33. The second-order valence-corrected chi connectivity index (χ2v) is 3.20. The zero-order valence-corrected chi connectivity index (χ0v) is 8.11. The molecule has 0 aliphatic rings. The van der Waals surface area contributed by atoms with Crippen molar-refractivity contribution in [2.75, 3.05) is 6.54 Å². The molecule has 0 fully saturated rings. The zero-order valence-electron chi connectivity index (χ0n) is 8.11. The summed E-state index contributed by atoms with van der Waals surface area (Å²) in [6.45, 7) is 5.55. The summed E-state index contributed by atoms with van der Waals surface area (Å²) in [5.41, 5.74) is 6.09. The van der Waals surface area contributed by atoms with Crippen LogP contribution in [0.1, 0.15) is 17.5 Å². The topological polar surface area (TPSA) is 26.0 Å². The van der Waals surface area contributed by atoms with E-state index in [1.807, 2.05) is 0 Å². The Morgan fingerprint density at radius 2 is 2.07 bits per heavy atom. The Morgan fingerprint density at radius 1 is 1.43 bits per heavy atom. The summed E-state index contributed by atoms with van der Waals surface area (Å²) in [4.78, 5) is 0. The molecule has 1 aromatic rings. The van der Waals surface area contributed by atoms with Gasteiger partial charge in [-0.1, -0.05) is 12.6 Å². The van der Waals surface area contributed by atoms with Crippen LogP contribution < -0.4 is 5.73 Å². The molecule has 0 bridgehead atoms. The van der Waals surface area contributed by atoms with Gasteiger partial charge in [-0.2, -0.15) is 0 Å². The molecule has 76 valence electrons. The lowest BCUT2D eigenvalue weighted by molar-refractivity contribution is 0.570. The first-order valence-corrected chi connectivity index (χ1v) is 4.40. The van der Waals surface area contributed by atoms with Crippen LogP contribution in [0.25, 0.3) is 5.57 Å². The van der Waals surface area contributed by atoms with Crippen LogP contribution >= 0.6 is 0 Å². The number of aryl methyl sites for hydroxylation is 1. The van der Waals surface area contributed by atoms with Gasteiger partial charge in [-0.05, 0) is 37.1 Å². The first-order chi connectivity index (χ1) is 6.57. The van der Waals surface area contributed by atoms with Gasteiger partial charge in [0.2, 0.25) is 0 Å². The van der Waals surface area contributed by atoms with E-state index < -0.39 is 11.6 Å². The highest BCUT2D eigenvalue weighted by molar-refractivity contribution is 5.65. The lowest BCUT2D eigenvalue weighted by Gasteiger charge is -2.09. The third-order valence-corrected chi connectivity index (χ3v) is 2.08. The maximum Gasteiger partial charge on any atom is 0.136 e. The van der Waals surface area contributed by atoms with E-state index in [0.29, 0.717) is 24.1 Å². The van der Waals surface area contributed by atoms with Crippen molar-refractivity contribution in [2.45, 2.75) is 13.3 Å². The standard InChI is InChI=1S/C11H13F2N/c1-7(5-6-14)10-9(12)4-3-8(2)11(10)13/h3-4H,1,5-6,14H2,2H3. The van der Waals surface area contributed by atoms with E-state index in [2.05, 4.69) is 6.58 Å². The minimum absolute atomic E-state index is 0.0320. The fraction of sp³-hybridized carbons (Fsp3) is 0.273. The summed E-state index contributed by atoms with van der Waals surface area (Å²) in [6, 6.07) is 2.65. The van der Waals surface area contributed by atoms with Crippen molar-refractivity contribution in [3.05, 3.63) is 41.5 Å². The van der Waals surface area contributed by atoms with Crippen LogP contribution in [-0.2, 0) is 0 Å². The molecule has 3 heteroatoms. The number of benzene rings is 1. The van der Waals surface area contributed by atoms with Gasteiger partial charge in [0.25, 0.3) is 0 Å². The minimum Gasteiger partial charge on any atom is -0.330 e. The summed E-state index contributed by atoms with van der Waals surface area (Å²) in [7, 11) is 0. The van der Waals surface area contributed by atoms with Gasteiger partial charge in [-0.15, -0.1) is 0 Å². The molecule has 0 atom stereocenters. The highest BCUT2D eigenvalue weighted by Gasteiger charge is 2.13. The van der Waals surface area contributed by atoms with Crippen molar-refractivity contribution in [1.29, 1.82) is 0 Å². The molecule has 0 aromatic heterocycles. The number of halogens is 2. The van der Waals surface area contributed by atoms with Crippen molar-refractivity contribution < 1.29 is 8.78 Å². The fourth-order valence-corrected chi connectivity index (χ4v) is 1.28. The second-order valence-electron chi connectivity index (χ2n) is 3.20. The third-order valence-electron chi connectivity index (χ3n) is 2.08. The predicted molar refractivity (Wildman–Crippen MR) is 53.8 cm³/mol. The van der Waals surface area contributed by atoms with Crippen molar-refractivity contribution in [1.82, 2.24) is 0 Å². The number of rotatable bonds is 3. The van der Waals surface area contributed by atoms with Crippen LogP contribution in [-0.4, -0.2) is 6.54 Å². The molecular weight excluding hydrogens is 184 g/mol. The lowest BCUT2D eigenvalue weighted by atomic mass is 10.0. The maximum absolute atomic E-state index is 13.5. The Morgan fingerprint density at radius 3 is 2.64 bits per heavy atom. The Kier molecular flexibility index (Phi) is 3.36. The molecule has 0 aliphatic carbocycles. The van der Waals surface area contributed by atoms with E-state index in [1.165, 1.54) is 12.1 Å². The predicted octanol–water partition coefficient (Wildman–Crippen LogP) is 2.64. The van der Waals surface area contributed by atoms with E-state index in [4.69, 9.17) is 5.73 Å². The van der Waals surface area contributed by atoms with Gasteiger partial charge in [0.1, 0.15) is 11.6 Å². The average Bonchev–Trinajstić information content (AvgIpc) is 2.13. The van der Waals surface area contributed by atoms with Crippen molar-refractivity contribution in [3.8, 4) is 0 Å². The van der Waals surface area contributed by atoms with Crippen molar-refractivity contribution in [3.63, 3.8) is 0 Å². The molecule has 1 nitrogen and oxygen atoms in total. The summed E-state index contributed by atoms with van der Waals surface area (Å²) in [5, 5.41) is 0. The molecule has 0 heterocycles. The smallest absolute Gasteiger partial charge is 0.136 e. The van der Waals surface area contributed by atoms with E-state index >= 15 is 0 Å². The van der Waals surface area contributed by atoms with E-state index in [0.717, 1.165) is 0 Å². The molecule has 0 aliphatic heterocycles. The van der Waals surface area contributed by atoms with Gasteiger partial charge in [0.05, 0.1) is 0 Å². The van der Waals surface area contributed by atoms with Gasteiger partial charge < -0.3 is 5.73 Å². The first-order valence-electron chi connectivity index (χ1n) is 4.40. The van der Waals surface area contributed by atoms with Crippen LogP contribution in [0.4, 0.5) is 8.78 Å². The quantitative estimate of drug-likeness (QED) is 0.792. The number of hydrogen-bond acceptors (Lipinski definition) is 1. The molecule has 0 saturated carbocycles. The third kappa shape index (κ3) is 1.99. The summed E-state index contributed by atoms with van der Waals surface area (Å²) >= 11 is 0. The average molecular weight is 197 g/mol. The molecular formula is C11H13F2N. The van der Waals surface area contributed by atoms with Crippen LogP contribution in [0.5, 0.6) is 0 Å². The fourth-order valence-electron chi connectivity index (χ4n) is 1.28. The molecule has 1 aromatic carbocycles. The van der Waals surface area contributed by atoms with E-state index in [9.17, 15) is 8.78 Å². The number of nitrogens with two attached hydrogens (primary N) is 1. The Balaban J connectivity index is 3.18. The Bertz CT molecular complexity index is 359. The van der Waals surface area contributed by atoms with Crippen LogP contribution in [0.3, 0.4) is 0 Å². The SMILES string of the molecule is C=C(CCN)c1c(F)ccc(C)c1F. The molecule has 0 radical (unpaired) electrons. The van der Waals surface area contributed by atoms with Crippen LogP contribution in [0, 0.1) is 18.6 Å². The van der Waals surface area contributed by atoms with Crippen molar-refractivity contribution in [2.24, 2.45) is 5.73 Å². The van der Waals surface area contributed by atoms with E-state index in [1.54, 1.807) is 6.92 Å². The first kappa shape index (κ1) is 10.9. The molecule has 14 heavy (non-hydrogen) atoms. The highest BCUT2D eigenvalue weighted by Crippen LogP contribution is 2.24. The van der Waals surface area contributed by atoms with Crippen molar-refractivity contribution >= 4 is 5.57 Å². The molecule has 0 amide bonds. The van der Waals surface area contributed by atoms with Crippen LogP contribution in [0.2, 0.25) is 0 Å². The highest BCUT2D eigenvalue weighted by atomic mass is 19.1. The Hall–Kier alpha value is -1.22. The van der Waals surface area contributed by atoms with Crippen LogP contribution in [0.15, 0.2) is 18.7 Å². The summed E-state index contributed by atoms with van der Waals surface area (Å²) in [6.07, 6.45) is 0.400. The molecule has 2 N–H and O–H groups in total. The summed E-state index contributed by atoms with van der Waals surface area (Å²) in [5.74, 6) is -1.12. The minimum atomic E-state index is -0.577. The largest absolute Gasteiger partial charge is 0.330 e. The van der Waals surface area contributed by atoms with Gasteiger partial charge in [0.15, 0.2) is 0 Å². The molecule has 0 saturated heterocycles. The normalized spacial score (nSPS) is 10.3.